The van der Waals surface area contributed by atoms with Gasteiger partial charge in [-0.3, -0.25) is 0 Å². The van der Waals surface area contributed by atoms with E-state index in [1.807, 2.05) is 6.07 Å². The van der Waals surface area contributed by atoms with Gasteiger partial charge in [-0.15, -0.1) is 0 Å². The Kier molecular flexibility index (Phi) is 4.42. The van der Waals surface area contributed by atoms with Crippen LogP contribution in [0.1, 0.15) is 18.4 Å². The smallest absolute Gasteiger partial charge is 0.219 e. The standard InChI is InChI=1S/C15H13BrClFN2O/c16-11-5-12(17)13(18)6-14(11)21-15-4-1-9(8-20-15)7-19-10-2-3-10/h1,4-6,8,10,19H,2-3,7H2. The normalized spacial score (nSPS) is 14.2. The molecule has 3 nitrogen and oxygen atoms in total. The fourth-order valence-electron chi connectivity index (χ4n) is 1.82. The minimum absolute atomic E-state index is 0.0451. The average molecular weight is 372 g/mol. The second-order valence-corrected chi connectivity index (χ2v) is 6.22. The maximum absolute atomic E-state index is 13.4. The molecule has 21 heavy (non-hydrogen) atoms. The predicted molar refractivity (Wildman–Crippen MR) is 83.3 cm³/mol. The lowest BCUT2D eigenvalue weighted by Crippen LogP contribution is -2.15. The van der Waals surface area contributed by atoms with Gasteiger partial charge in [0.2, 0.25) is 5.88 Å². The van der Waals surface area contributed by atoms with Crippen LogP contribution in [0.15, 0.2) is 34.9 Å². The van der Waals surface area contributed by atoms with Crippen LogP contribution < -0.4 is 10.1 Å². The Bertz CT molecular complexity index is 647. The van der Waals surface area contributed by atoms with Gasteiger partial charge in [-0.25, -0.2) is 9.37 Å². The lowest BCUT2D eigenvalue weighted by molar-refractivity contribution is 0.454. The Morgan fingerprint density at radius 1 is 1.38 bits per heavy atom. The van der Waals surface area contributed by atoms with Crippen molar-refractivity contribution in [1.82, 2.24) is 10.3 Å². The van der Waals surface area contributed by atoms with Crippen molar-refractivity contribution in [1.29, 1.82) is 0 Å². The fourth-order valence-corrected chi connectivity index (χ4v) is 2.54. The Morgan fingerprint density at radius 2 is 2.19 bits per heavy atom. The molecule has 110 valence electrons. The third kappa shape index (κ3) is 3.93. The molecule has 1 saturated carbocycles. The number of ether oxygens (including phenoxy) is 1. The van der Waals surface area contributed by atoms with Gasteiger partial charge in [-0.1, -0.05) is 17.7 Å². The lowest BCUT2D eigenvalue weighted by Gasteiger charge is -2.09. The molecule has 0 amide bonds. The summed E-state index contributed by atoms with van der Waals surface area (Å²) in [5.41, 5.74) is 1.09. The highest BCUT2D eigenvalue weighted by Crippen LogP contribution is 2.33. The number of halogens is 3. The van der Waals surface area contributed by atoms with Crippen molar-refractivity contribution in [3.8, 4) is 11.6 Å². The van der Waals surface area contributed by atoms with Crippen LogP contribution in [0.25, 0.3) is 0 Å². The largest absolute Gasteiger partial charge is 0.438 e. The zero-order valence-electron chi connectivity index (χ0n) is 11.1. The number of aromatic nitrogens is 1. The lowest BCUT2D eigenvalue weighted by atomic mass is 10.3. The van der Waals surface area contributed by atoms with Crippen LogP contribution in [-0.4, -0.2) is 11.0 Å². The van der Waals surface area contributed by atoms with Gasteiger partial charge >= 0.3 is 0 Å². The van der Waals surface area contributed by atoms with Gasteiger partial charge in [-0.2, -0.15) is 0 Å². The molecule has 1 aliphatic carbocycles. The molecule has 1 aromatic heterocycles. The highest BCUT2D eigenvalue weighted by Gasteiger charge is 2.19. The highest BCUT2D eigenvalue weighted by atomic mass is 79.9. The van der Waals surface area contributed by atoms with Crippen LogP contribution in [0.2, 0.25) is 5.02 Å². The topological polar surface area (TPSA) is 34.1 Å². The second kappa shape index (κ2) is 6.30. The minimum Gasteiger partial charge on any atom is -0.438 e. The van der Waals surface area contributed by atoms with Gasteiger partial charge in [0.1, 0.15) is 11.6 Å². The number of rotatable bonds is 5. The van der Waals surface area contributed by atoms with E-state index in [0.717, 1.165) is 12.1 Å². The molecule has 0 aliphatic heterocycles. The van der Waals surface area contributed by atoms with Crippen LogP contribution in [0, 0.1) is 5.82 Å². The molecule has 1 aromatic carbocycles. The molecule has 1 fully saturated rings. The molecule has 0 bridgehead atoms. The monoisotopic (exact) mass is 370 g/mol. The van der Waals surface area contributed by atoms with E-state index in [1.54, 1.807) is 12.3 Å². The molecule has 0 atom stereocenters. The number of nitrogens with one attached hydrogen (secondary N) is 1. The number of hydrogen-bond donors (Lipinski definition) is 1. The first-order valence-electron chi connectivity index (χ1n) is 6.62. The Balaban J connectivity index is 1.68. The zero-order valence-corrected chi connectivity index (χ0v) is 13.4. The summed E-state index contributed by atoms with van der Waals surface area (Å²) in [6.45, 7) is 0.803. The summed E-state index contributed by atoms with van der Waals surface area (Å²) in [6.07, 6.45) is 4.26. The summed E-state index contributed by atoms with van der Waals surface area (Å²) in [5.74, 6) is 0.223. The summed E-state index contributed by atoms with van der Waals surface area (Å²) in [7, 11) is 0. The van der Waals surface area contributed by atoms with Crippen molar-refractivity contribution < 1.29 is 9.13 Å². The molecule has 3 rings (SSSR count). The molecular formula is C15H13BrClFN2O. The summed E-state index contributed by atoms with van der Waals surface area (Å²) in [5, 5.41) is 3.46. The number of nitrogens with zero attached hydrogens (tertiary/aromatic N) is 1. The Labute approximate surface area is 135 Å². The Hall–Kier alpha value is -1.17. The summed E-state index contributed by atoms with van der Waals surface area (Å²) in [6, 6.07) is 7.06. The molecule has 0 radical (unpaired) electrons. The van der Waals surface area contributed by atoms with Gasteiger partial charge in [0.25, 0.3) is 0 Å². The van der Waals surface area contributed by atoms with Crippen molar-refractivity contribution >= 4 is 27.5 Å². The van der Waals surface area contributed by atoms with Gasteiger partial charge in [0, 0.05) is 30.9 Å². The first-order valence-corrected chi connectivity index (χ1v) is 7.79. The third-order valence-electron chi connectivity index (χ3n) is 3.16. The second-order valence-electron chi connectivity index (χ2n) is 4.96. The molecule has 1 aliphatic rings. The van der Waals surface area contributed by atoms with Crippen LogP contribution in [0.5, 0.6) is 11.6 Å². The van der Waals surface area contributed by atoms with E-state index < -0.39 is 5.82 Å². The minimum atomic E-state index is -0.528. The van der Waals surface area contributed by atoms with E-state index in [4.69, 9.17) is 16.3 Å². The van der Waals surface area contributed by atoms with Gasteiger partial charge in [-0.05, 0) is 40.4 Å². The molecule has 0 saturated heterocycles. The van der Waals surface area contributed by atoms with E-state index >= 15 is 0 Å². The van der Waals surface area contributed by atoms with E-state index in [2.05, 4.69) is 26.2 Å². The van der Waals surface area contributed by atoms with Gasteiger partial charge in [0.15, 0.2) is 0 Å². The maximum atomic E-state index is 13.4. The fraction of sp³-hybridized carbons (Fsp3) is 0.267. The van der Waals surface area contributed by atoms with Crippen LogP contribution in [-0.2, 0) is 6.54 Å². The number of hydrogen-bond acceptors (Lipinski definition) is 3. The summed E-state index contributed by atoms with van der Waals surface area (Å²) < 4.78 is 19.6. The summed E-state index contributed by atoms with van der Waals surface area (Å²) >= 11 is 8.98. The van der Waals surface area contributed by atoms with Crippen molar-refractivity contribution in [2.75, 3.05) is 0 Å². The SMILES string of the molecule is Fc1cc(Oc2ccc(CNC3CC3)cn2)c(Br)cc1Cl. The first kappa shape index (κ1) is 14.8. The molecule has 6 heteroatoms. The van der Waals surface area contributed by atoms with Crippen molar-refractivity contribution in [3.63, 3.8) is 0 Å². The highest BCUT2D eigenvalue weighted by molar-refractivity contribution is 9.10. The molecule has 1 heterocycles. The van der Waals surface area contributed by atoms with Crippen molar-refractivity contribution in [2.24, 2.45) is 0 Å². The molecule has 0 spiro atoms. The van der Waals surface area contributed by atoms with Crippen LogP contribution in [0.4, 0.5) is 4.39 Å². The number of benzene rings is 1. The van der Waals surface area contributed by atoms with Crippen molar-refractivity contribution in [2.45, 2.75) is 25.4 Å². The molecular weight excluding hydrogens is 359 g/mol. The summed E-state index contributed by atoms with van der Waals surface area (Å²) in [4.78, 5) is 4.23. The van der Waals surface area contributed by atoms with Crippen molar-refractivity contribution in [3.05, 3.63) is 51.3 Å². The van der Waals surface area contributed by atoms with E-state index in [9.17, 15) is 4.39 Å². The van der Waals surface area contributed by atoms with Crippen LogP contribution in [0.3, 0.4) is 0 Å². The number of pyridine rings is 1. The average Bonchev–Trinajstić information content (AvgIpc) is 3.28. The first-order chi connectivity index (χ1) is 10.1. The maximum Gasteiger partial charge on any atom is 0.219 e. The third-order valence-corrected chi connectivity index (χ3v) is 4.07. The van der Waals surface area contributed by atoms with Gasteiger partial charge < -0.3 is 10.1 Å². The Morgan fingerprint density at radius 3 is 2.86 bits per heavy atom. The quantitative estimate of drug-likeness (QED) is 0.775. The van der Waals surface area contributed by atoms with Gasteiger partial charge in [0.05, 0.1) is 9.50 Å². The van der Waals surface area contributed by atoms with E-state index in [1.165, 1.54) is 25.0 Å². The predicted octanol–water partition coefficient (Wildman–Crippen LogP) is 4.68. The van der Waals surface area contributed by atoms with E-state index in [-0.39, 0.29) is 5.02 Å². The molecule has 2 aromatic rings. The van der Waals surface area contributed by atoms with E-state index in [0.29, 0.717) is 22.1 Å². The van der Waals surface area contributed by atoms with Crippen LogP contribution >= 0.6 is 27.5 Å². The molecule has 1 N–H and O–H groups in total. The zero-order chi connectivity index (χ0) is 14.8. The molecule has 0 unspecified atom stereocenters.